The molecule has 0 aliphatic rings. The van der Waals surface area contributed by atoms with Gasteiger partial charge < -0.3 is 10.2 Å². The first-order valence-electron chi connectivity index (χ1n) is 10.0. The molecule has 0 aliphatic heterocycles. The smallest absolute Gasteiger partial charge is 0.121 e. The predicted octanol–water partition coefficient (Wildman–Crippen LogP) is 6.73. The lowest BCUT2D eigenvalue weighted by Crippen LogP contribution is -2.22. The van der Waals surface area contributed by atoms with Crippen LogP contribution < -0.4 is 0 Å². The molecule has 2 atom stereocenters. The minimum absolute atomic E-state index is 0.0554. The summed E-state index contributed by atoms with van der Waals surface area (Å²) in [7, 11) is 0. The summed E-state index contributed by atoms with van der Waals surface area (Å²) < 4.78 is 0. The fraction of sp³-hybridized carbons (Fsp3) is 0.520. The van der Waals surface area contributed by atoms with Crippen molar-refractivity contribution >= 4 is 0 Å². The first-order valence-corrected chi connectivity index (χ1v) is 10.0. The molecule has 0 heterocycles. The maximum absolute atomic E-state index is 10.5. The Hall–Kier alpha value is -1.96. The zero-order chi connectivity index (χ0) is 20.5. The molecule has 0 aliphatic carbocycles. The minimum atomic E-state index is 0.0554. The first kappa shape index (κ1) is 21.3. The summed E-state index contributed by atoms with van der Waals surface area (Å²) in [6.07, 6.45) is 1.87. The van der Waals surface area contributed by atoms with E-state index >= 15 is 0 Å². The lowest BCUT2D eigenvalue weighted by molar-refractivity contribution is 0.251. The summed E-state index contributed by atoms with van der Waals surface area (Å²) in [5, 5.41) is 21.0. The van der Waals surface area contributed by atoms with Crippen molar-refractivity contribution in [3.8, 4) is 11.5 Å². The lowest BCUT2D eigenvalue weighted by atomic mass is 9.73. The van der Waals surface area contributed by atoms with Crippen LogP contribution in [0.2, 0.25) is 0 Å². The van der Waals surface area contributed by atoms with Gasteiger partial charge in [-0.15, -0.1) is 0 Å². The Balaban J connectivity index is 2.20. The number of aromatic hydroxyl groups is 2. The molecule has 2 nitrogen and oxygen atoms in total. The quantitative estimate of drug-likeness (QED) is 0.593. The summed E-state index contributed by atoms with van der Waals surface area (Å²) >= 11 is 0. The van der Waals surface area contributed by atoms with Crippen LogP contribution in [0.25, 0.3) is 0 Å². The summed E-state index contributed by atoms with van der Waals surface area (Å²) in [5.41, 5.74) is 6.42. The highest BCUT2D eigenvalue weighted by molar-refractivity contribution is 5.45. The van der Waals surface area contributed by atoms with E-state index in [9.17, 15) is 10.2 Å². The molecule has 0 saturated heterocycles. The normalized spacial score (nSPS) is 14.2. The van der Waals surface area contributed by atoms with Gasteiger partial charge in [0.1, 0.15) is 11.5 Å². The van der Waals surface area contributed by atoms with Crippen molar-refractivity contribution in [1.29, 1.82) is 0 Å². The zero-order valence-corrected chi connectivity index (χ0v) is 18.3. The van der Waals surface area contributed by atoms with Crippen molar-refractivity contribution in [3.63, 3.8) is 0 Å². The lowest BCUT2D eigenvalue weighted by Gasteiger charge is -2.32. The molecule has 148 valence electrons. The Bertz CT molecular complexity index is 818. The standard InChI is InChI=1S/C25H36O2/c1-15-9-17(3)23(26)21(11-15)14-25(7,8)13-19(5)20(6)22-12-16(2)10-18(4)24(22)27/h9-12,19-20,26-27H,13-14H2,1-8H3. The van der Waals surface area contributed by atoms with Crippen molar-refractivity contribution in [2.24, 2.45) is 11.3 Å². The molecule has 0 amide bonds. The molecule has 2 unspecified atom stereocenters. The molecular formula is C25H36O2. The van der Waals surface area contributed by atoms with E-state index in [1.54, 1.807) is 0 Å². The van der Waals surface area contributed by atoms with E-state index in [4.69, 9.17) is 0 Å². The van der Waals surface area contributed by atoms with Crippen LogP contribution in [0, 0.1) is 39.0 Å². The maximum Gasteiger partial charge on any atom is 0.121 e. The van der Waals surface area contributed by atoms with Gasteiger partial charge in [-0.3, -0.25) is 0 Å². The molecule has 2 rings (SSSR count). The van der Waals surface area contributed by atoms with Crippen molar-refractivity contribution in [1.82, 2.24) is 0 Å². The maximum atomic E-state index is 10.5. The van der Waals surface area contributed by atoms with Gasteiger partial charge in [0, 0.05) is 0 Å². The number of hydrogen-bond acceptors (Lipinski definition) is 2. The van der Waals surface area contributed by atoms with E-state index in [-0.39, 0.29) is 11.3 Å². The minimum Gasteiger partial charge on any atom is -0.507 e. The second-order valence-corrected chi connectivity index (χ2v) is 9.42. The van der Waals surface area contributed by atoms with Gasteiger partial charge in [0.05, 0.1) is 0 Å². The Kier molecular flexibility index (Phi) is 6.29. The predicted molar refractivity (Wildman–Crippen MR) is 115 cm³/mol. The molecule has 2 aromatic carbocycles. The van der Waals surface area contributed by atoms with Crippen LogP contribution in [0.4, 0.5) is 0 Å². The first-order chi connectivity index (χ1) is 12.4. The third-order valence-corrected chi connectivity index (χ3v) is 5.89. The van der Waals surface area contributed by atoms with Crippen LogP contribution in [0.3, 0.4) is 0 Å². The Morgan fingerprint density at radius 2 is 1.33 bits per heavy atom. The number of rotatable bonds is 6. The van der Waals surface area contributed by atoms with Crippen LogP contribution in [-0.2, 0) is 6.42 Å². The summed E-state index contributed by atoms with van der Waals surface area (Å²) in [5.74, 6) is 1.56. The molecule has 0 radical (unpaired) electrons. The van der Waals surface area contributed by atoms with Gasteiger partial charge in [0.25, 0.3) is 0 Å². The van der Waals surface area contributed by atoms with E-state index < -0.39 is 0 Å². The fourth-order valence-electron chi connectivity index (χ4n) is 4.47. The zero-order valence-electron chi connectivity index (χ0n) is 18.3. The summed E-state index contributed by atoms with van der Waals surface area (Å²) in [6.45, 7) is 17.1. The highest BCUT2D eigenvalue weighted by atomic mass is 16.3. The second-order valence-electron chi connectivity index (χ2n) is 9.42. The molecule has 0 spiro atoms. The van der Waals surface area contributed by atoms with E-state index in [1.807, 2.05) is 26.0 Å². The monoisotopic (exact) mass is 368 g/mol. The molecular weight excluding hydrogens is 332 g/mol. The molecule has 2 N–H and O–H groups in total. The Morgan fingerprint density at radius 3 is 1.93 bits per heavy atom. The molecule has 0 aromatic heterocycles. The highest BCUT2D eigenvalue weighted by Gasteiger charge is 2.28. The van der Waals surface area contributed by atoms with Gasteiger partial charge in [-0.1, -0.05) is 63.1 Å². The fourth-order valence-corrected chi connectivity index (χ4v) is 4.47. The number of benzene rings is 2. The summed E-state index contributed by atoms with van der Waals surface area (Å²) in [4.78, 5) is 0. The van der Waals surface area contributed by atoms with Crippen LogP contribution in [0.15, 0.2) is 24.3 Å². The molecule has 0 fully saturated rings. The van der Waals surface area contributed by atoms with Crippen molar-refractivity contribution in [2.75, 3.05) is 0 Å². The Labute approximate surface area is 165 Å². The molecule has 2 heteroatoms. The van der Waals surface area contributed by atoms with E-state index in [1.165, 1.54) is 11.1 Å². The largest absolute Gasteiger partial charge is 0.507 e. The van der Waals surface area contributed by atoms with Gasteiger partial charge in [-0.2, -0.15) is 0 Å². The van der Waals surface area contributed by atoms with Gasteiger partial charge >= 0.3 is 0 Å². The average molecular weight is 369 g/mol. The van der Waals surface area contributed by atoms with E-state index in [2.05, 4.69) is 53.7 Å². The van der Waals surface area contributed by atoms with E-state index in [0.29, 0.717) is 17.4 Å². The van der Waals surface area contributed by atoms with E-state index in [0.717, 1.165) is 35.1 Å². The molecule has 0 bridgehead atoms. The van der Waals surface area contributed by atoms with Gasteiger partial charge in [-0.25, -0.2) is 0 Å². The molecule has 0 saturated carbocycles. The number of phenolic OH excluding ortho intramolecular Hbond substituents is 2. The second kappa shape index (κ2) is 7.96. The van der Waals surface area contributed by atoms with Crippen LogP contribution in [-0.4, -0.2) is 10.2 Å². The number of aryl methyl sites for hydroxylation is 4. The Morgan fingerprint density at radius 1 is 0.815 bits per heavy atom. The SMILES string of the molecule is Cc1cc(C)c(O)c(CC(C)(C)CC(C)C(C)c2cc(C)cc(C)c2O)c1. The third-order valence-electron chi connectivity index (χ3n) is 5.89. The van der Waals surface area contributed by atoms with Crippen LogP contribution >= 0.6 is 0 Å². The van der Waals surface area contributed by atoms with Crippen molar-refractivity contribution in [3.05, 3.63) is 57.6 Å². The van der Waals surface area contributed by atoms with Crippen LogP contribution in [0.5, 0.6) is 11.5 Å². The van der Waals surface area contributed by atoms with Crippen molar-refractivity contribution in [2.45, 2.75) is 74.1 Å². The van der Waals surface area contributed by atoms with Gasteiger partial charge in [-0.05, 0) is 80.0 Å². The average Bonchev–Trinajstić information content (AvgIpc) is 2.54. The summed E-state index contributed by atoms with van der Waals surface area (Å²) in [6, 6.07) is 8.28. The highest BCUT2D eigenvalue weighted by Crippen LogP contribution is 2.41. The number of hydrogen-bond donors (Lipinski definition) is 2. The topological polar surface area (TPSA) is 40.5 Å². The molecule has 2 aromatic rings. The number of phenols is 2. The van der Waals surface area contributed by atoms with Gasteiger partial charge in [0.2, 0.25) is 0 Å². The van der Waals surface area contributed by atoms with Crippen LogP contribution in [0.1, 0.15) is 73.4 Å². The molecule has 27 heavy (non-hydrogen) atoms. The van der Waals surface area contributed by atoms with Crippen molar-refractivity contribution < 1.29 is 10.2 Å². The van der Waals surface area contributed by atoms with Gasteiger partial charge in [0.15, 0.2) is 0 Å². The third kappa shape index (κ3) is 5.06.